The Labute approximate surface area is 131 Å². The average molecular weight is 295 g/mol. The van der Waals surface area contributed by atoms with E-state index >= 15 is 0 Å². The first-order chi connectivity index (χ1) is 10.7. The highest BCUT2D eigenvalue weighted by Crippen LogP contribution is 2.40. The molecule has 0 bridgehead atoms. The van der Waals surface area contributed by atoms with Gasteiger partial charge < -0.3 is 10.1 Å². The summed E-state index contributed by atoms with van der Waals surface area (Å²) in [6, 6.07) is 16.4. The molecular weight excluding hydrogens is 274 g/mol. The van der Waals surface area contributed by atoms with E-state index < -0.39 is 0 Å². The molecule has 1 saturated carbocycles. The molecule has 0 saturated heterocycles. The fourth-order valence-corrected chi connectivity index (χ4v) is 2.43. The van der Waals surface area contributed by atoms with Gasteiger partial charge in [-0.25, -0.2) is 4.79 Å². The number of ether oxygens (including phenoxy) is 1. The predicted octanol–water partition coefficient (Wildman–Crippen LogP) is 4.30. The summed E-state index contributed by atoms with van der Waals surface area (Å²) in [6.45, 7) is 2.85. The molecule has 2 aromatic rings. The first-order valence-corrected chi connectivity index (χ1v) is 7.76. The average Bonchev–Trinajstić information content (AvgIpc) is 3.37. The van der Waals surface area contributed by atoms with Crippen LogP contribution in [0.4, 0.5) is 4.79 Å². The molecule has 3 rings (SSSR count). The molecule has 1 amide bonds. The number of hydrogen-bond acceptors (Lipinski definition) is 2. The third-order valence-corrected chi connectivity index (χ3v) is 3.93. The van der Waals surface area contributed by atoms with Crippen LogP contribution < -0.4 is 5.32 Å². The zero-order chi connectivity index (χ0) is 15.4. The quantitative estimate of drug-likeness (QED) is 0.893. The van der Waals surface area contributed by atoms with Crippen molar-refractivity contribution in [3.63, 3.8) is 0 Å². The molecule has 0 atom stereocenters. The van der Waals surface area contributed by atoms with E-state index in [2.05, 4.69) is 17.4 Å². The monoisotopic (exact) mass is 295 g/mol. The van der Waals surface area contributed by atoms with E-state index in [1.54, 1.807) is 0 Å². The van der Waals surface area contributed by atoms with Crippen LogP contribution in [-0.2, 0) is 17.9 Å². The van der Waals surface area contributed by atoms with Crippen molar-refractivity contribution in [1.82, 2.24) is 5.32 Å². The second-order valence-electron chi connectivity index (χ2n) is 5.93. The minimum absolute atomic E-state index is 0.320. The Morgan fingerprint density at radius 3 is 2.64 bits per heavy atom. The minimum atomic E-state index is -0.377. The lowest BCUT2D eigenvalue weighted by atomic mass is 10.1. The summed E-state index contributed by atoms with van der Waals surface area (Å²) in [5.74, 6) is 0.718. The van der Waals surface area contributed by atoms with Crippen molar-refractivity contribution in [2.45, 2.75) is 38.8 Å². The van der Waals surface area contributed by atoms with Gasteiger partial charge in [0.2, 0.25) is 0 Å². The zero-order valence-electron chi connectivity index (χ0n) is 12.8. The highest BCUT2D eigenvalue weighted by Gasteiger charge is 2.23. The number of benzene rings is 2. The molecule has 22 heavy (non-hydrogen) atoms. The maximum atomic E-state index is 11.8. The van der Waals surface area contributed by atoms with Gasteiger partial charge in [0, 0.05) is 6.54 Å². The molecule has 3 nitrogen and oxygen atoms in total. The summed E-state index contributed by atoms with van der Waals surface area (Å²) < 4.78 is 5.28. The summed E-state index contributed by atoms with van der Waals surface area (Å²) >= 11 is 0. The largest absolute Gasteiger partial charge is 0.445 e. The molecule has 0 spiro atoms. The number of alkyl carbamates (subject to hydrolysis) is 1. The van der Waals surface area contributed by atoms with Gasteiger partial charge in [-0.3, -0.25) is 0 Å². The van der Waals surface area contributed by atoms with Crippen LogP contribution in [0.25, 0.3) is 0 Å². The Morgan fingerprint density at radius 1 is 1.14 bits per heavy atom. The maximum Gasteiger partial charge on any atom is 0.407 e. The summed E-state index contributed by atoms with van der Waals surface area (Å²) in [4.78, 5) is 11.8. The van der Waals surface area contributed by atoms with Gasteiger partial charge in [-0.1, -0.05) is 54.1 Å². The lowest BCUT2D eigenvalue weighted by Crippen LogP contribution is -2.23. The number of nitrogens with one attached hydrogen (secondary N) is 1. The fourth-order valence-electron chi connectivity index (χ4n) is 2.43. The molecule has 1 N–H and O–H groups in total. The van der Waals surface area contributed by atoms with E-state index in [-0.39, 0.29) is 6.09 Å². The van der Waals surface area contributed by atoms with E-state index in [0.717, 1.165) is 17.0 Å². The Balaban J connectivity index is 1.45. The van der Waals surface area contributed by atoms with Gasteiger partial charge in [0.25, 0.3) is 0 Å². The van der Waals surface area contributed by atoms with Crippen LogP contribution >= 0.6 is 0 Å². The normalized spacial score (nSPS) is 13.7. The standard InChI is InChI=1S/C19H21NO2/c1-14-5-7-15(8-6-14)12-20-19(21)22-13-16-3-2-4-18(11-16)17-9-10-17/h2-8,11,17H,9-10,12-13H2,1H3,(H,20,21). The molecule has 0 radical (unpaired) electrons. The highest BCUT2D eigenvalue weighted by atomic mass is 16.5. The highest BCUT2D eigenvalue weighted by molar-refractivity contribution is 5.67. The number of carbonyl (C=O) groups excluding carboxylic acids is 1. The maximum absolute atomic E-state index is 11.8. The van der Waals surface area contributed by atoms with Crippen LogP contribution in [0.2, 0.25) is 0 Å². The molecule has 1 aliphatic rings. The van der Waals surface area contributed by atoms with Gasteiger partial charge >= 0.3 is 6.09 Å². The first-order valence-electron chi connectivity index (χ1n) is 7.76. The summed E-state index contributed by atoms with van der Waals surface area (Å²) in [6.07, 6.45) is 2.18. The zero-order valence-corrected chi connectivity index (χ0v) is 12.8. The number of hydrogen-bond donors (Lipinski definition) is 1. The number of carbonyl (C=O) groups is 1. The van der Waals surface area contributed by atoms with Crippen LogP contribution in [-0.4, -0.2) is 6.09 Å². The van der Waals surface area contributed by atoms with E-state index in [9.17, 15) is 4.79 Å². The first kappa shape index (κ1) is 14.6. The molecule has 114 valence electrons. The Hall–Kier alpha value is -2.29. The smallest absolute Gasteiger partial charge is 0.407 e. The molecule has 1 fully saturated rings. The van der Waals surface area contributed by atoms with Crippen LogP contribution in [0.5, 0.6) is 0 Å². The lowest BCUT2D eigenvalue weighted by Gasteiger charge is -2.08. The van der Waals surface area contributed by atoms with Crippen molar-refractivity contribution in [2.24, 2.45) is 0 Å². The van der Waals surface area contributed by atoms with Crippen LogP contribution in [0.1, 0.15) is 41.0 Å². The van der Waals surface area contributed by atoms with Crippen LogP contribution in [0.15, 0.2) is 48.5 Å². The van der Waals surface area contributed by atoms with Crippen molar-refractivity contribution < 1.29 is 9.53 Å². The van der Waals surface area contributed by atoms with Gasteiger partial charge in [0.15, 0.2) is 0 Å². The van der Waals surface area contributed by atoms with Crippen molar-refractivity contribution in [3.05, 3.63) is 70.8 Å². The van der Waals surface area contributed by atoms with Crippen molar-refractivity contribution >= 4 is 6.09 Å². The molecule has 0 heterocycles. The minimum Gasteiger partial charge on any atom is -0.445 e. The second kappa shape index (κ2) is 6.65. The SMILES string of the molecule is Cc1ccc(CNC(=O)OCc2cccc(C3CC3)c2)cc1. The van der Waals surface area contributed by atoms with Crippen molar-refractivity contribution in [2.75, 3.05) is 0 Å². The van der Waals surface area contributed by atoms with Gasteiger partial charge in [-0.05, 0) is 42.4 Å². The predicted molar refractivity (Wildman–Crippen MR) is 86.6 cm³/mol. The Bertz CT molecular complexity index is 645. The third-order valence-electron chi connectivity index (χ3n) is 3.93. The number of amides is 1. The Morgan fingerprint density at radius 2 is 1.91 bits per heavy atom. The van der Waals surface area contributed by atoms with Gasteiger partial charge in [-0.2, -0.15) is 0 Å². The van der Waals surface area contributed by atoms with Crippen molar-refractivity contribution in [3.8, 4) is 0 Å². The van der Waals surface area contributed by atoms with Crippen molar-refractivity contribution in [1.29, 1.82) is 0 Å². The molecule has 1 aliphatic carbocycles. The van der Waals surface area contributed by atoms with E-state index in [4.69, 9.17) is 4.74 Å². The van der Waals surface area contributed by atoms with Gasteiger partial charge in [0.05, 0.1) is 0 Å². The molecular formula is C19H21NO2. The number of rotatable bonds is 5. The second-order valence-corrected chi connectivity index (χ2v) is 5.93. The van der Waals surface area contributed by atoms with Gasteiger partial charge in [-0.15, -0.1) is 0 Å². The van der Waals surface area contributed by atoms with Gasteiger partial charge in [0.1, 0.15) is 6.61 Å². The molecule has 0 aromatic heterocycles. The van der Waals surface area contributed by atoms with E-state index in [0.29, 0.717) is 13.2 Å². The van der Waals surface area contributed by atoms with Crippen LogP contribution in [0, 0.1) is 6.92 Å². The Kier molecular flexibility index (Phi) is 4.42. The molecule has 0 unspecified atom stereocenters. The summed E-state index contributed by atoms with van der Waals surface area (Å²) in [5.41, 5.74) is 4.69. The third kappa shape index (κ3) is 4.10. The fraction of sp³-hybridized carbons (Fsp3) is 0.316. The molecule has 0 aliphatic heterocycles. The van der Waals surface area contributed by atoms with E-state index in [1.165, 1.54) is 24.0 Å². The van der Waals surface area contributed by atoms with E-state index in [1.807, 2.05) is 43.3 Å². The summed E-state index contributed by atoms with van der Waals surface area (Å²) in [5, 5.41) is 2.78. The number of aryl methyl sites for hydroxylation is 1. The molecule has 2 aromatic carbocycles. The van der Waals surface area contributed by atoms with Crippen LogP contribution in [0.3, 0.4) is 0 Å². The molecule has 3 heteroatoms. The lowest BCUT2D eigenvalue weighted by molar-refractivity contribution is 0.139. The summed E-state index contributed by atoms with van der Waals surface area (Å²) in [7, 11) is 0. The topological polar surface area (TPSA) is 38.3 Å².